The van der Waals surface area contributed by atoms with Gasteiger partial charge in [-0.05, 0) is 25.0 Å². The van der Waals surface area contributed by atoms with Crippen LogP contribution in [0.5, 0.6) is 0 Å². The predicted octanol–water partition coefficient (Wildman–Crippen LogP) is 3.51. The van der Waals surface area contributed by atoms with Gasteiger partial charge >= 0.3 is 0 Å². The van der Waals surface area contributed by atoms with Gasteiger partial charge in [0.05, 0.1) is 5.92 Å². The van der Waals surface area contributed by atoms with Crippen molar-refractivity contribution in [3.63, 3.8) is 0 Å². The summed E-state index contributed by atoms with van der Waals surface area (Å²) in [6.45, 7) is 1.37. The topological polar surface area (TPSA) is 59.2 Å². The molecule has 0 radical (unpaired) electrons. The molecule has 2 aromatic rings. The summed E-state index contributed by atoms with van der Waals surface area (Å²) in [6.07, 6.45) is 4.44. The SMILES string of the molecule is O=C(C1CCCC1)N1CC(c2nc(-c3cccc(Cl)c3)no2)C1. The summed E-state index contributed by atoms with van der Waals surface area (Å²) in [4.78, 5) is 18.7. The molecule has 23 heavy (non-hydrogen) atoms. The molecule has 1 aromatic carbocycles. The molecular weight excluding hydrogens is 314 g/mol. The van der Waals surface area contributed by atoms with Crippen molar-refractivity contribution < 1.29 is 9.32 Å². The van der Waals surface area contributed by atoms with Crippen molar-refractivity contribution in [2.24, 2.45) is 5.92 Å². The van der Waals surface area contributed by atoms with Crippen LogP contribution >= 0.6 is 11.6 Å². The van der Waals surface area contributed by atoms with Gasteiger partial charge in [-0.25, -0.2) is 0 Å². The van der Waals surface area contributed by atoms with Gasteiger partial charge in [0.1, 0.15) is 0 Å². The molecule has 6 heteroatoms. The van der Waals surface area contributed by atoms with E-state index < -0.39 is 0 Å². The Kier molecular flexibility index (Phi) is 3.81. The second kappa shape index (κ2) is 5.96. The highest BCUT2D eigenvalue weighted by Gasteiger charge is 2.38. The Morgan fingerprint density at radius 2 is 2.04 bits per heavy atom. The Balaban J connectivity index is 1.40. The van der Waals surface area contributed by atoms with E-state index in [0.29, 0.717) is 35.7 Å². The minimum Gasteiger partial charge on any atom is -0.341 e. The van der Waals surface area contributed by atoms with Crippen molar-refractivity contribution >= 4 is 17.5 Å². The van der Waals surface area contributed by atoms with Crippen LogP contribution in [0.1, 0.15) is 37.5 Å². The molecular formula is C17H18ClN3O2. The first-order chi connectivity index (χ1) is 11.2. The lowest BCUT2D eigenvalue weighted by atomic mass is 9.96. The molecule has 1 amide bonds. The summed E-state index contributed by atoms with van der Waals surface area (Å²) in [5.74, 6) is 1.84. The van der Waals surface area contributed by atoms with Gasteiger partial charge in [-0.2, -0.15) is 4.98 Å². The lowest BCUT2D eigenvalue weighted by Gasteiger charge is -2.38. The summed E-state index contributed by atoms with van der Waals surface area (Å²) < 4.78 is 5.37. The van der Waals surface area contributed by atoms with Crippen molar-refractivity contribution in [3.8, 4) is 11.4 Å². The molecule has 2 heterocycles. The summed E-state index contributed by atoms with van der Waals surface area (Å²) in [5.41, 5.74) is 0.839. The van der Waals surface area contributed by atoms with Gasteiger partial charge in [-0.3, -0.25) is 4.79 Å². The second-order valence-electron chi connectivity index (χ2n) is 6.39. The third-order valence-corrected chi connectivity index (χ3v) is 5.01. The summed E-state index contributed by atoms with van der Waals surface area (Å²) in [7, 11) is 0. The minimum atomic E-state index is 0.154. The number of carbonyl (C=O) groups excluding carboxylic acids is 1. The van der Waals surface area contributed by atoms with E-state index in [2.05, 4.69) is 10.1 Å². The Bertz CT molecular complexity index is 718. The van der Waals surface area contributed by atoms with Crippen LogP contribution in [-0.4, -0.2) is 34.0 Å². The van der Waals surface area contributed by atoms with Crippen molar-refractivity contribution in [2.45, 2.75) is 31.6 Å². The zero-order chi connectivity index (χ0) is 15.8. The minimum absolute atomic E-state index is 0.154. The number of amides is 1. The van der Waals surface area contributed by atoms with E-state index in [0.717, 1.165) is 18.4 Å². The highest BCUT2D eigenvalue weighted by Crippen LogP contribution is 2.33. The molecule has 0 bridgehead atoms. The third kappa shape index (κ3) is 2.85. The largest absolute Gasteiger partial charge is 0.341 e. The lowest BCUT2D eigenvalue weighted by molar-refractivity contribution is -0.140. The van der Waals surface area contributed by atoms with Crippen molar-refractivity contribution in [3.05, 3.63) is 35.2 Å². The standard InChI is InChI=1S/C17H18ClN3O2/c18-14-7-3-6-12(8-14)15-19-16(23-20-15)13-9-21(10-13)17(22)11-4-1-2-5-11/h3,6-8,11,13H,1-2,4-5,9-10H2. The second-order valence-corrected chi connectivity index (χ2v) is 6.82. The molecule has 0 atom stereocenters. The number of hydrogen-bond donors (Lipinski definition) is 0. The molecule has 1 saturated heterocycles. The maximum absolute atomic E-state index is 12.3. The first-order valence-electron chi connectivity index (χ1n) is 8.09. The van der Waals surface area contributed by atoms with Crippen LogP contribution in [0.4, 0.5) is 0 Å². The Morgan fingerprint density at radius 1 is 1.26 bits per heavy atom. The summed E-state index contributed by atoms with van der Waals surface area (Å²) in [5, 5.41) is 4.67. The highest BCUT2D eigenvalue weighted by atomic mass is 35.5. The molecule has 2 fully saturated rings. The number of carbonyl (C=O) groups is 1. The monoisotopic (exact) mass is 331 g/mol. The highest BCUT2D eigenvalue weighted by molar-refractivity contribution is 6.30. The van der Waals surface area contributed by atoms with Gasteiger partial charge in [-0.1, -0.05) is 41.7 Å². The molecule has 1 aromatic heterocycles. The Labute approximate surface area is 139 Å². The maximum Gasteiger partial charge on any atom is 0.233 e. The van der Waals surface area contributed by atoms with Crippen LogP contribution < -0.4 is 0 Å². The van der Waals surface area contributed by atoms with Crippen molar-refractivity contribution in [1.29, 1.82) is 0 Å². The molecule has 120 valence electrons. The van der Waals surface area contributed by atoms with Crippen LogP contribution in [0.25, 0.3) is 11.4 Å². The smallest absolute Gasteiger partial charge is 0.233 e. The zero-order valence-electron chi connectivity index (χ0n) is 12.7. The van der Waals surface area contributed by atoms with E-state index in [4.69, 9.17) is 16.1 Å². The van der Waals surface area contributed by atoms with Crippen LogP contribution in [0.3, 0.4) is 0 Å². The number of aromatic nitrogens is 2. The molecule has 0 unspecified atom stereocenters. The van der Waals surface area contributed by atoms with Crippen LogP contribution in [0, 0.1) is 5.92 Å². The molecule has 5 nitrogen and oxygen atoms in total. The average molecular weight is 332 g/mol. The van der Waals surface area contributed by atoms with Crippen LogP contribution in [0.15, 0.2) is 28.8 Å². The van der Waals surface area contributed by atoms with E-state index >= 15 is 0 Å². The molecule has 1 aliphatic heterocycles. The number of rotatable bonds is 3. The lowest BCUT2D eigenvalue weighted by Crippen LogP contribution is -2.50. The normalized spacial score (nSPS) is 19.1. The summed E-state index contributed by atoms with van der Waals surface area (Å²) >= 11 is 5.99. The number of nitrogens with zero attached hydrogens (tertiary/aromatic N) is 3. The fourth-order valence-electron chi connectivity index (χ4n) is 3.39. The number of halogens is 1. The van der Waals surface area contributed by atoms with E-state index in [-0.39, 0.29) is 11.8 Å². The number of hydrogen-bond acceptors (Lipinski definition) is 4. The van der Waals surface area contributed by atoms with Crippen LogP contribution in [-0.2, 0) is 4.79 Å². The van der Waals surface area contributed by atoms with E-state index in [1.807, 2.05) is 29.2 Å². The number of likely N-dealkylation sites (tertiary alicyclic amines) is 1. The van der Waals surface area contributed by atoms with Crippen LogP contribution in [0.2, 0.25) is 5.02 Å². The average Bonchev–Trinajstić information content (AvgIpc) is 3.17. The molecule has 2 aliphatic rings. The van der Waals surface area contributed by atoms with Gasteiger partial charge in [0.25, 0.3) is 0 Å². The van der Waals surface area contributed by atoms with Gasteiger partial charge in [0.2, 0.25) is 17.6 Å². The Hall–Kier alpha value is -1.88. The first kappa shape index (κ1) is 14.7. The quantitative estimate of drug-likeness (QED) is 0.863. The summed E-state index contributed by atoms with van der Waals surface area (Å²) in [6, 6.07) is 7.38. The van der Waals surface area contributed by atoms with Gasteiger partial charge in [-0.15, -0.1) is 0 Å². The molecule has 4 rings (SSSR count). The maximum atomic E-state index is 12.3. The number of benzene rings is 1. The molecule has 1 aliphatic carbocycles. The van der Waals surface area contributed by atoms with E-state index in [1.165, 1.54) is 12.8 Å². The molecule has 1 saturated carbocycles. The van der Waals surface area contributed by atoms with Crippen molar-refractivity contribution in [1.82, 2.24) is 15.0 Å². The fraction of sp³-hybridized carbons (Fsp3) is 0.471. The predicted molar refractivity (Wildman–Crippen MR) is 86.0 cm³/mol. The molecule has 0 spiro atoms. The zero-order valence-corrected chi connectivity index (χ0v) is 13.5. The van der Waals surface area contributed by atoms with Crippen molar-refractivity contribution in [2.75, 3.05) is 13.1 Å². The molecule has 0 N–H and O–H groups in total. The third-order valence-electron chi connectivity index (χ3n) is 4.77. The van der Waals surface area contributed by atoms with E-state index in [9.17, 15) is 4.79 Å². The van der Waals surface area contributed by atoms with Gasteiger partial charge in [0, 0.05) is 29.6 Å². The van der Waals surface area contributed by atoms with Gasteiger partial charge in [0.15, 0.2) is 0 Å². The van der Waals surface area contributed by atoms with Gasteiger partial charge < -0.3 is 9.42 Å². The van der Waals surface area contributed by atoms with E-state index in [1.54, 1.807) is 0 Å². The first-order valence-corrected chi connectivity index (χ1v) is 8.47. The Morgan fingerprint density at radius 3 is 2.78 bits per heavy atom. The fourth-order valence-corrected chi connectivity index (χ4v) is 3.58.